The van der Waals surface area contributed by atoms with Gasteiger partial charge < -0.3 is 4.42 Å². The minimum atomic E-state index is 0.502. The number of benzene rings is 3. The third-order valence-electron chi connectivity index (χ3n) is 6.18. The highest BCUT2D eigenvalue weighted by Crippen LogP contribution is 2.35. The number of rotatable bonds is 4. The summed E-state index contributed by atoms with van der Waals surface area (Å²) in [6.07, 6.45) is 1.92. The maximum atomic E-state index is 6.18. The molecule has 2 heterocycles. The van der Waals surface area contributed by atoms with Gasteiger partial charge in [0.05, 0.1) is 5.69 Å². The van der Waals surface area contributed by atoms with Crippen LogP contribution in [-0.2, 0) is 0 Å². The summed E-state index contributed by atoms with van der Waals surface area (Å²) in [7, 11) is 0. The van der Waals surface area contributed by atoms with Crippen LogP contribution in [0.1, 0.15) is 32.3 Å². The second-order valence-electron chi connectivity index (χ2n) is 8.40. The van der Waals surface area contributed by atoms with Gasteiger partial charge >= 0.3 is 0 Å². The van der Waals surface area contributed by atoms with Crippen molar-refractivity contribution >= 4 is 21.9 Å². The molecule has 0 aliphatic rings. The van der Waals surface area contributed by atoms with Gasteiger partial charge in [-0.05, 0) is 71.0 Å². The van der Waals surface area contributed by atoms with E-state index in [1.807, 2.05) is 12.3 Å². The van der Waals surface area contributed by atoms with E-state index >= 15 is 0 Å². The fraction of sp³-hybridized carbons (Fsp3) is 0.179. The van der Waals surface area contributed by atoms with E-state index < -0.39 is 0 Å². The van der Waals surface area contributed by atoms with Gasteiger partial charge in [-0.15, -0.1) is 0 Å². The molecular weight excluding hydrogens is 366 g/mol. The predicted molar refractivity (Wildman–Crippen MR) is 126 cm³/mol. The third kappa shape index (κ3) is 3.29. The topological polar surface area (TPSA) is 26.0 Å². The smallest absolute Gasteiger partial charge is 0.136 e. The molecule has 0 radical (unpaired) electrons. The molecule has 1 unspecified atom stereocenters. The summed E-state index contributed by atoms with van der Waals surface area (Å²) in [6.45, 7) is 6.80. The SMILES string of the molecule is CC(C)C(C)c1ccnc(-c2ccc3oc4cc(-c5ccccc5)ccc4c3c2)c1. The lowest BCUT2D eigenvalue weighted by molar-refractivity contribution is 0.535. The number of furan rings is 1. The van der Waals surface area contributed by atoms with E-state index in [1.165, 1.54) is 16.7 Å². The van der Waals surface area contributed by atoms with Gasteiger partial charge in [-0.2, -0.15) is 0 Å². The van der Waals surface area contributed by atoms with Crippen molar-refractivity contribution in [1.82, 2.24) is 4.98 Å². The summed E-state index contributed by atoms with van der Waals surface area (Å²) in [5, 5.41) is 2.27. The van der Waals surface area contributed by atoms with Crippen molar-refractivity contribution in [3.8, 4) is 22.4 Å². The van der Waals surface area contributed by atoms with Gasteiger partial charge in [0.1, 0.15) is 11.2 Å². The Hall–Kier alpha value is -3.39. The second-order valence-corrected chi connectivity index (χ2v) is 8.40. The van der Waals surface area contributed by atoms with E-state index in [4.69, 9.17) is 4.42 Å². The predicted octanol–water partition coefficient (Wildman–Crippen LogP) is 8.07. The zero-order valence-corrected chi connectivity index (χ0v) is 17.6. The van der Waals surface area contributed by atoms with Crippen LogP contribution >= 0.6 is 0 Å². The largest absolute Gasteiger partial charge is 0.456 e. The fourth-order valence-corrected chi connectivity index (χ4v) is 4.02. The Bertz CT molecular complexity index is 1330. The first-order chi connectivity index (χ1) is 14.6. The van der Waals surface area contributed by atoms with Gasteiger partial charge in [-0.1, -0.05) is 57.2 Å². The van der Waals surface area contributed by atoms with Crippen LogP contribution in [0.3, 0.4) is 0 Å². The van der Waals surface area contributed by atoms with Crippen molar-refractivity contribution in [2.45, 2.75) is 26.7 Å². The Morgan fingerprint density at radius 2 is 1.47 bits per heavy atom. The van der Waals surface area contributed by atoms with Crippen molar-refractivity contribution in [2.75, 3.05) is 0 Å². The molecule has 5 aromatic rings. The molecule has 2 heteroatoms. The molecule has 148 valence electrons. The van der Waals surface area contributed by atoms with Gasteiger partial charge in [-0.25, -0.2) is 0 Å². The highest BCUT2D eigenvalue weighted by molar-refractivity contribution is 6.07. The van der Waals surface area contributed by atoms with Gasteiger partial charge in [0.15, 0.2) is 0 Å². The molecular formula is C28H25NO. The van der Waals surface area contributed by atoms with Crippen LogP contribution in [-0.4, -0.2) is 4.98 Å². The Morgan fingerprint density at radius 3 is 2.27 bits per heavy atom. The van der Waals surface area contributed by atoms with Gasteiger partial charge in [0.25, 0.3) is 0 Å². The molecule has 3 aromatic carbocycles. The van der Waals surface area contributed by atoms with Gasteiger partial charge in [0, 0.05) is 22.5 Å². The molecule has 2 aromatic heterocycles. The highest BCUT2D eigenvalue weighted by atomic mass is 16.3. The summed E-state index contributed by atoms with van der Waals surface area (Å²) in [6, 6.07) is 27.6. The lowest BCUT2D eigenvalue weighted by Crippen LogP contribution is -2.02. The molecule has 0 aliphatic heterocycles. The van der Waals surface area contributed by atoms with Crippen LogP contribution < -0.4 is 0 Å². The number of hydrogen-bond acceptors (Lipinski definition) is 2. The van der Waals surface area contributed by atoms with E-state index in [1.54, 1.807) is 0 Å². The zero-order chi connectivity index (χ0) is 20.7. The Balaban J connectivity index is 1.59. The van der Waals surface area contributed by atoms with E-state index in [0.29, 0.717) is 11.8 Å². The number of hydrogen-bond donors (Lipinski definition) is 0. The molecule has 0 N–H and O–H groups in total. The van der Waals surface area contributed by atoms with Crippen molar-refractivity contribution in [3.05, 3.63) is 90.6 Å². The van der Waals surface area contributed by atoms with Crippen LogP contribution in [0.25, 0.3) is 44.3 Å². The standard InChI is InChI=1S/C28H25NO/c1-18(2)19(3)21-13-14-29-26(16-21)23-10-12-27-25(15-23)24-11-9-22(17-28(24)30-27)20-7-5-4-6-8-20/h4-19H,1-3H3. The maximum Gasteiger partial charge on any atom is 0.136 e. The number of fused-ring (bicyclic) bond motifs is 3. The molecule has 1 atom stereocenters. The number of aromatic nitrogens is 1. The van der Waals surface area contributed by atoms with Crippen LogP contribution in [0.4, 0.5) is 0 Å². The van der Waals surface area contributed by atoms with E-state index in [0.717, 1.165) is 33.2 Å². The molecule has 0 aliphatic carbocycles. The normalized spacial score (nSPS) is 12.7. The summed E-state index contributed by atoms with van der Waals surface area (Å²) in [4.78, 5) is 4.65. The quantitative estimate of drug-likeness (QED) is 0.309. The average molecular weight is 392 g/mol. The van der Waals surface area contributed by atoms with Crippen molar-refractivity contribution in [1.29, 1.82) is 0 Å². The van der Waals surface area contributed by atoms with Crippen molar-refractivity contribution in [2.24, 2.45) is 5.92 Å². The van der Waals surface area contributed by atoms with Crippen molar-refractivity contribution < 1.29 is 4.42 Å². The molecule has 0 bridgehead atoms. The first-order valence-corrected chi connectivity index (χ1v) is 10.6. The van der Waals surface area contributed by atoms with Crippen LogP contribution in [0.2, 0.25) is 0 Å². The summed E-state index contributed by atoms with van der Waals surface area (Å²) in [5.74, 6) is 1.10. The molecule has 0 saturated heterocycles. The molecule has 0 amide bonds. The third-order valence-corrected chi connectivity index (χ3v) is 6.18. The Kier molecular flexibility index (Phi) is 4.63. The molecule has 0 spiro atoms. The number of pyridine rings is 1. The monoisotopic (exact) mass is 391 g/mol. The van der Waals surface area contributed by atoms with Gasteiger partial charge in [0.2, 0.25) is 0 Å². The van der Waals surface area contributed by atoms with Crippen LogP contribution in [0.15, 0.2) is 89.5 Å². The Labute approximate surface area is 177 Å². The van der Waals surface area contributed by atoms with Gasteiger partial charge in [-0.3, -0.25) is 4.98 Å². The molecule has 30 heavy (non-hydrogen) atoms. The lowest BCUT2D eigenvalue weighted by atomic mass is 9.90. The van der Waals surface area contributed by atoms with E-state index in [2.05, 4.69) is 98.6 Å². The Morgan fingerprint density at radius 1 is 0.667 bits per heavy atom. The first kappa shape index (κ1) is 18.6. The van der Waals surface area contributed by atoms with Crippen molar-refractivity contribution in [3.63, 3.8) is 0 Å². The molecule has 5 rings (SSSR count). The first-order valence-electron chi connectivity index (χ1n) is 10.6. The second kappa shape index (κ2) is 7.46. The summed E-state index contributed by atoms with van der Waals surface area (Å²) in [5.41, 5.74) is 7.65. The minimum absolute atomic E-state index is 0.502. The van der Waals surface area contributed by atoms with E-state index in [9.17, 15) is 0 Å². The zero-order valence-electron chi connectivity index (χ0n) is 17.6. The minimum Gasteiger partial charge on any atom is -0.456 e. The maximum absolute atomic E-state index is 6.18. The molecule has 2 nitrogen and oxygen atoms in total. The average Bonchev–Trinajstić information content (AvgIpc) is 3.16. The number of nitrogens with zero attached hydrogens (tertiary/aromatic N) is 1. The molecule has 0 fully saturated rings. The highest BCUT2D eigenvalue weighted by Gasteiger charge is 2.13. The summed E-state index contributed by atoms with van der Waals surface area (Å²) < 4.78 is 6.18. The molecule has 0 saturated carbocycles. The van der Waals surface area contributed by atoms with Crippen LogP contribution in [0, 0.1) is 5.92 Å². The lowest BCUT2D eigenvalue weighted by Gasteiger charge is -2.16. The van der Waals surface area contributed by atoms with E-state index in [-0.39, 0.29) is 0 Å². The van der Waals surface area contributed by atoms with Crippen LogP contribution in [0.5, 0.6) is 0 Å². The summed E-state index contributed by atoms with van der Waals surface area (Å²) >= 11 is 0. The fourth-order valence-electron chi connectivity index (χ4n) is 4.02.